The lowest BCUT2D eigenvalue weighted by molar-refractivity contribution is -0.138. The number of carbonyl (C=O) groups excluding carboxylic acids is 2. The van der Waals surface area contributed by atoms with Crippen molar-refractivity contribution in [3.8, 4) is 17.0 Å². The van der Waals surface area contributed by atoms with Crippen LogP contribution < -0.4 is 10.1 Å². The number of nitrogens with one attached hydrogen (secondary N) is 1. The summed E-state index contributed by atoms with van der Waals surface area (Å²) in [5.74, 6) is 0.529. The third-order valence-electron chi connectivity index (χ3n) is 6.23. The van der Waals surface area contributed by atoms with Gasteiger partial charge in [-0.3, -0.25) is 14.5 Å². The highest BCUT2D eigenvalue weighted by atomic mass is 35.5. The monoisotopic (exact) mass is 484 g/mol. The fourth-order valence-electron chi connectivity index (χ4n) is 4.43. The Bertz CT molecular complexity index is 1220. The maximum Gasteiger partial charge on any atom is 0.230 e. The molecule has 0 saturated carbocycles. The first kappa shape index (κ1) is 22.3. The number of piperidine rings is 1. The van der Waals surface area contributed by atoms with Crippen molar-refractivity contribution in [2.75, 3.05) is 6.54 Å². The van der Waals surface area contributed by atoms with Crippen molar-refractivity contribution in [2.24, 2.45) is 0 Å². The number of aryl methyl sites for hydroxylation is 1. The zero-order valence-corrected chi connectivity index (χ0v) is 20.1. The van der Waals surface area contributed by atoms with Crippen LogP contribution in [0.2, 0.25) is 5.02 Å². The predicted octanol–water partition coefficient (Wildman–Crippen LogP) is 4.49. The second-order valence-corrected chi connectivity index (χ2v) is 10.3. The molecule has 2 saturated heterocycles. The lowest BCUT2D eigenvalue weighted by Gasteiger charge is -2.29. The van der Waals surface area contributed by atoms with Crippen molar-refractivity contribution < 1.29 is 14.3 Å². The first-order chi connectivity index (χ1) is 15.9. The molecule has 0 aliphatic carbocycles. The van der Waals surface area contributed by atoms with Crippen LogP contribution in [-0.2, 0) is 16.1 Å². The van der Waals surface area contributed by atoms with Gasteiger partial charge in [0.15, 0.2) is 0 Å². The van der Waals surface area contributed by atoms with Gasteiger partial charge in [0, 0.05) is 40.9 Å². The van der Waals surface area contributed by atoms with Crippen molar-refractivity contribution in [1.82, 2.24) is 20.2 Å². The number of amides is 2. The third-order valence-corrected chi connectivity index (χ3v) is 7.56. The topological polar surface area (TPSA) is 84.4 Å². The molecule has 2 aliphatic rings. The van der Waals surface area contributed by atoms with Gasteiger partial charge in [-0.25, -0.2) is 9.97 Å². The number of halogens is 1. The first-order valence-corrected chi connectivity index (χ1v) is 12.4. The van der Waals surface area contributed by atoms with Crippen LogP contribution >= 0.6 is 22.9 Å². The summed E-state index contributed by atoms with van der Waals surface area (Å²) in [5.41, 5.74) is 3.30. The zero-order valence-electron chi connectivity index (χ0n) is 18.6. The van der Waals surface area contributed by atoms with Crippen molar-refractivity contribution >= 4 is 45.0 Å². The summed E-state index contributed by atoms with van der Waals surface area (Å²) in [6, 6.07) is 6.21. The van der Waals surface area contributed by atoms with Gasteiger partial charge in [0.25, 0.3) is 0 Å². The summed E-state index contributed by atoms with van der Waals surface area (Å²) in [6.07, 6.45) is 4.22. The van der Waals surface area contributed by atoms with Crippen molar-refractivity contribution in [3.63, 3.8) is 0 Å². The minimum atomic E-state index is -0.125. The van der Waals surface area contributed by atoms with Gasteiger partial charge in [0.1, 0.15) is 18.2 Å². The number of ether oxygens (including phenoxy) is 1. The Morgan fingerprint density at radius 3 is 2.70 bits per heavy atom. The van der Waals surface area contributed by atoms with E-state index in [1.165, 1.54) is 22.6 Å². The molecule has 2 amide bonds. The zero-order chi connectivity index (χ0) is 23.1. The average molecular weight is 485 g/mol. The van der Waals surface area contributed by atoms with E-state index in [9.17, 15) is 9.59 Å². The Balaban J connectivity index is 1.52. The molecule has 5 rings (SSSR count). The average Bonchev–Trinajstić information content (AvgIpc) is 3.34. The van der Waals surface area contributed by atoms with Crippen LogP contribution in [0.25, 0.3) is 21.5 Å². The van der Waals surface area contributed by atoms with E-state index in [0.717, 1.165) is 57.1 Å². The number of nitrogens with zero attached hydrogens (tertiary/aromatic N) is 3. The number of hydrogen-bond acceptors (Lipinski definition) is 7. The van der Waals surface area contributed by atoms with Crippen LogP contribution in [0, 0.1) is 6.92 Å². The van der Waals surface area contributed by atoms with Crippen LogP contribution in [0.4, 0.5) is 0 Å². The number of aromatic nitrogens is 2. The molecular weight excluding hydrogens is 460 g/mol. The van der Waals surface area contributed by atoms with E-state index >= 15 is 0 Å². The highest BCUT2D eigenvalue weighted by molar-refractivity contribution is 7.19. The van der Waals surface area contributed by atoms with Gasteiger partial charge in [-0.05, 0) is 50.5 Å². The summed E-state index contributed by atoms with van der Waals surface area (Å²) < 4.78 is 7.37. The number of thiophene rings is 1. The molecule has 2 aromatic heterocycles. The Hall–Kier alpha value is -2.55. The lowest BCUT2D eigenvalue weighted by atomic mass is 10.0. The molecule has 172 valence electrons. The van der Waals surface area contributed by atoms with Gasteiger partial charge in [0.05, 0.1) is 22.5 Å². The maximum atomic E-state index is 12.1. The number of fused-ring (bicyclic) bond motifs is 1. The largest absolute Gasteiger partial charge is 0.488 e. The highest BCUT2D eigenvalue weighted by Crippen LogP contribution is 2.41. The number of hydrogen-bond donors (Lipinski definition) is 1. The van der Waals surface area contributed by atoms with Crippen molar-refractivity contribution in [3.05, 3.63) is 40.0 Å². The molecule has 4 heterocycles. The van der Waals surface area contributed by atoms with Gasteiger partial charge in [-0.1, -0.05) is 11.6 Å². The second-order valence-electron chi connectivity index (χ2n) is 8.75. The fraction of sp³-hybridized carbons (Fsp3) is 0.417. The van der Waals surface area contributed by atoms with Crippen LogP contribution in [0.15, 0.2) is 24.5 Å². The van der Waals surface area contributed by atoms with E-state index in [1.54, 1.807) is 0 Å². The van der Waals surface area contributed by atoms with E-state index in [4.69, 9.17) is 16.3 Å². The number of imide groups is 1. The molecule has 2 atom stereocenters. The maximum absolute atomic E-state index is 12.1. The van der Waals surface area contributed by atoms with Crippen LogP contribution in [0.1, 0.15) is 43.0 Å². The summed E-state index contributed by atoms with van der Waals surface area (Å²) in [7, 11) is 0. The first-order valence-electron chi connectivity index (χ1n) is 11.2. The normalized spacial score (nSPS) is 21.2. The molecular formula is C24H25ClN4O3S. The van der Waals surface area contributed by atoms with Gasteiger partial charge in [-0.15, -0.1) is 11.3 Å². The SMILES string of the molecule is Cc1cc(Cl)cc(-c2ncnc3cc(CN4C(=O)CCC4=O)sc23)c1O[C@H]1CC[C@H](C)NC1. The van der Waals surface area contributed by atoms with Crippen molar-refractivity contribution in [2.45, 2.75) is 58.2 Å². The molecule has 2 aliphatic heterocycles. The van der Waals surface area contributed by atoms with E-state index in [-0.39, 0.29) is 37.3 Å². The van der Waals surface area contributed by atoms with Gasteiger partial charge < -0.3 is 10.1 Å². The van der Waals surface area contributed by atoms with E-state index in [0.29, 0.717) is 11.1 Å². The Kier molecular flexibility index (Phi) is 6.07. The molecule has 1 aromatic carbocycles. The minimum absolute atomic E-state index is 0.0724. The number of likely N-dealkylation sites (tertiary alicyclic amines) is 1. The molecule has 0 radical (unpaired) electrons. The summed E-state index contributed by atoms with van der Waals surface area (Å²) >= 11 is 7.94. The Morgan fingerprint density at radius 2 is 1.97 bits per heavy atom. The third kappa shape index (κ3) is 4.47. The number of carbonyl (C=O) groups is 2. The van der Waals surface area contributed by atoms with E-state index in [1.807, 2.05) is 25.1 Å². The van der Waals surface area contributed by atoms with E-state index < -0.39 is 0 Å². The van der Waals surface area contributed by atoms with Crippen molar-refractivity contribution in [1.29, 1.82) is 0 Å². The Morgan fingerprint density at radius 1 is 1.18 bits per heavy atom. The molecule has 0 unspecified atom stereocenters. The second kappa shape index (κ2) is 9.00. The number of rotatable bonds is 5. The minimum Gasteiger partial charge on any atom is -0.488 e. The molecule has 7 nitrogen and oxygen atoms in total. The van der Waals surface area contributed by atoms with Crippen LogP contribution in [-0.4, -0.2) is 45.4 Å². The number of benzene rings is 1. The molecule has 2 fully saturated rings. The Labute approximate surface area is 201 Å². The lowest BCUT2D eigenvalue weighted by Crippen LogP contribution is -2.42. The molecule has 33 heavy (non-hydrogen) atoms. The fourth-order valence-corrected chi connectivity index (χ4v) is 5.81. The molecule has 0 bridgehead atoms. The quantitative estimate of drug-likeness (QED) is 0.537. The molecule has 1 N–H and O–H groups in total. The highest BCUT2D eigenvalue weighted by Gasteiger charge is 2.29. The summed E-state index contributed by atoms with van der Waals surface area (Å²) in [4.78, 5) is 35.4. The van der Waals surface area contributed by atoms with E-state index in [2.05, 4.69) is 22.2 Å². The standard InChI is InChI=1S/C24H25ClN4O3S/c1-13-7-15(25)8-18(23(13)32-16-4-3-14(2)26-10-16)22-24-19(27-12-28-22)9-17(33-24)11-29-20(30)5-6-21(29)31/h7-9,12,14,16,26H,3-6,10-11H2,1-2H3/t14-,16-/m0/s1. The van der Waals surface area contributed by atoms with Gasteiger partial charge >= 0.3 is 0 Å². The summed E-state index contributed by atoms with van der Waals surface area (Å²) in [6.45, 7) is 5.24. The molecule has 0 spiro atoms. The van der Waals surface area contributed by atoms with Crippen LogP contribution in [0.3, 0.4) is 0 Å². The smallest absolute Gasteiger partial charge is 0.230 e. The van der Waals surface area contributed by atoms with Gasteiger partial charge in [-0.2, -0.15) is 0 Å². The molecule has 3 aromatic rings. The summed E-state index contributed by atoms with van der Waals surface area (Å²) in [5, 5.41) is 4.10. The van der Waals surface area contributed by atoms with Gasteiger partial charge in [0.2, 0.25) is 11.8 Å². The van der Waals surface area contributed by atoms with Crippen LogP contribution in [0.5, 0.6) is 5.75 Å². The molecule has 9 heteroatoms. The predicted molar refractivity (Wildman–Crippen MR) is 129 cm³/mol.